The Bertz CT molecular complexity index is 1690. The van der Waals surface area contributed by atoms with Crippen LogP contribution in [0.4, 0.5) is 4.39 Å². The van der Waals surface area contributed by atoms with Crippen LogP contribution in [0.15, 0.2) is 61.2 Å². The van der Waals surface area contributed by atoms with Crippen LogP contribution in [-0.2, 0) is 0 Å². The fourth-order valence-electron chi connectivity index (χ4n) is 4.08. The van der Waals surface area contributed by atoms with E-state index in [4.69, 9.17) is 9.72 Å². The number of methoxy groups -OCH3 is 1. The Morgan fingerprint density at radius 1 is 0.971 bits per heavy atom. The largest absolute Gasteiger partial charge is 0.497 e. The van der Waals surface area contributed by atoms with E-state index in [0.717, 1.165) is 27.6 Å². The smallest absolute Gasteiger partial charge is 0.181 e. The second-order valence-electron chi connectivity index (χ2n) is 7.91. The van der Waals surface area contributed by atoms with Gasteiger partial charge in [-0.15, -0.1) is 0 Å². The maximum atomic E-state index is 14.1. The van der Waals surface area contributed by atoms with Crippen molar-refractivity contribution in [3.63, 3.8) is 0 Å². The fourth-order valence-corrected chi connectivity index (χ4v) is 4.08. The van der Waals surface area contributed by atoms with E-state index in [-0.39, 0.29) is 0 Å². The number of halogens is 1. The zero-order chi connectivity index (χ0) is 23.2. The number of H-pyrrole nitrogens is 2. The lowest BCUT2D eigenvalue weighted by atomic mass is 10.0. The number of pyridine rings is 3. The number of hydrogen-bond acceptors (Lipinski definition) is 6. The first-order valence-electron chi connectivity index (χ1n) is 10.6. The zero-order valence-electron chi connectivity index (χ0n) is 18.3. The van der Waals surface area contributed by atoms with Crippen LogP contribution < -0.4 is 4.74 Å². The minimum Gasteiger partial charge on any atom is -0.497 e. The second-order valence-corrected chi connectivity index (χ2v) is 7.91. The number of aromatic nitrogens is 7. The van der Waals surface area contributed by atoms with E-state index in [0.29, 0.717) is 39.7 Å². The molecule has 0 saturated carbocycles. The summed E-state index contributed by atoms with van der Waals surface area (Å²) in [7, 11) is 1.50. The highest BCUT2D eigenvalue weighted by molar-refractivity contribution is 5.96. The number of rotatable bonds is 4. The van der Waals surface area contributed by atoms with Gasteiger partial charge in [-0.2, -0.15) is 5.10 Å². The van der Waals surface area contributed by atoms with Crippen LogP contribution in [0.1, 0.15) is 5.56 Å². The molecule has 0 spiro atoms. The van der Waals surface area contributed by atoms with E-state index in [2.05, 4.69) is 30.1 Å². The zero-order valence-corrected chi connectivity index (χ0v) is 18.3. The van der Waals surface area contributed by atoms with E-state index in [1.807, 2.05) is 31.3 Å². The highest BCUT2D eigenvalue weighted by atomic mass is 19.1. The Morgan fingerprint density at radius 3 is 2.74 bits per heavy atom. The number of fused-ring (bicyclic) bond motifs is 2. The summed E-state index contributed by atoms with van der Waals surface area (Å²) < 4.78 is 19.4. The van der Waals surface area contributed by atoms with Gasteiger partial charge in [-0.3, -0.25) is 15.1 Å². The van der Waals surface area contributed by atoms with Gasteiger partial charge in [0.2, 0.25) is 0 Å². The fraction of sp³-hybridized carbons (Fsp3) is 0.0800. The first kappa shape index (κ1) is 20.0. The molecular weight excluding hydrogens is 433 g/mol. The molecule has 0 fully saturated rings. The molecule has 0 aliphatic rings. The molecule has 6 aromatic rings. The lowest BCUT2D eigenvalue weighted by Crippen LogP contribution is -1.90. The van der Waals surface area contributed by atoms with Gasteiger partial charge in [-0.05, 0) is 42.8 Å². The Hall–Kier alpha value is -4.66. The van der Waals surface area contributed by atoms with Gasteiger partial charge in [0.1, 0.15) is 22.8 Å². The van der Waals surface area contributed by atoms with Crippen molar-refractivity contribution >= 4 is 22.1 Å². The summed E-state index contributed by atoms with van der Waals surface area (Å²) in [4.78, 5) is 21.3. The minimum absolute atomic E-state index is 0.409. The molecule has 0 aliphatic heterocycles. The molecule has 166 valence electrons. The van der Waals surface area contributed by atoms with Crippen molar-refractivity contribution in [2.75, 3.05) is 7.11 Å². The molecule has 0 atom stereocenters. The third kappa shape index (κ3) is 3.25. The average molecular weight is 451 g/mol. The number of nitrogens with one attached hydrogen (secondary N) is 2. The highest BCUT2D eigenvalue weighted by Crippen LogP contribution is 2.33. The number of hydrogen-bond donors (Lipinski definition) is 2. The van der Waals surface area contributed by atoms with Crippen LogP contribution >= 0.6 is 0 Å². The molecule has 1 aromatic carbocycles. The number of benzene rings is 1. The summed E-state index contributed by atoms with van der Waals surface area (Å²) in [5, 5.41) is 8.21. The van der Waals surface area contributed by atoms with E-state index in [1.165, 1.54) is 19.2 Å². The van der Waals surface area contributed by atoms with Gasteiger partial charge in [-0.1, -0.05) is 0 Å². The maximum absolute atomic E-state index is 14.1. The maximum Gasteiger partial charge on any atom is 0.181 e. The highest BCUT2D eigenvalue weighted by Gasteiger charge is 2.17. The molecule has 0 unspecified atom stereocenters. The summed E-state index contributed by atoms with van der Waals surface area (Å²) >= 11 is 0. The van der Waals surface area contributed by atoms with Crippen LogP contribution in [0.25, 0.3) is 56.0 Å². The Kier molecular flexibility index (Phi) is 4.54. The van der Waals surface area contributed by atoms with E-state index in [9.17, 15) is 4.39 Å². The molecule has 0 amide bonds. The van der Waals surface area contributed by atoms with Gasteiger partial charge >= 0.3 is 0 Å². The van der Waals surface area contributed by atoms with Crippen molar-refractivity contribution in [2.24, 2.45) is 0 Å². The first-order chi connectivity index (χ1) is 16.6. The summed E-state index contributed by atoms with van der Waals surface area (Å²) in [6.45, 7) is 2.03. The molecule has 5 heterocycles. The van der Waals surface area contributed by atoms with Crippen molar-refractivity contribution in [2.45, 2.75) is 6.92 Å². The molecule has 0 bridgehead atoms. The van der Waals surface area contributed by atoms with Crippen molar-refractivity contribution in [1.29, 1.82) is 0 Å². The molecule has 9 heteroatoms. The standard InChI is InChI=1S/C25H18FN7O/c1-13-3-5-27-12-19(13)15-9-18-22(32-33-24(18)29-11-15)25-30-20-4-6-28-21(23(20)31-25)14-7-16(26)10-17(8-14)34-2/h3-12H,1-2H3,(H,30,31)(H,29,32,33). The van der Waals surface area contributed by atoms with Crippen molar-refractivity contribution in [1.82, 2.24) is 35.1 Å². The van der Waals surface area contributed by atoms with Gasteiger partial charge in [0, 0.05) is 47.5 Å². The topological polar surface area (TPSA) is 105 Å². The quantitative estimate of drug-likeness (QED) is 0.387. The molecular formula is C25H18FN7O. The number of ether oxygens (including phenoxy) is 1. The van der Waals surface area contributed by atoms with Crippen molar-refractivity contribution < 1.29 is 9.13 Å². The van der Waals surface area contributed by atoms with Crippen LogP contribution in [0, 0.1) is 12.7 Å². The lowest BCUT2D eigenvalue weighted by Gasteiger charge is -2.05. The Morgan fingerprint density at radius 2 is 1.88 bits per heavy atom. The molecule has 0 radical (unpaired) electrons. The molecule has 8 nitrogen and oxygen atoms in total. The monoisotopic (exact) mass is 451 g/mol. The number of nitrogens with zero attached hydrogens (tertiary/aromatic N) is 5. The van der Waals surface area contributed by atoms with Gasteiger partial charge in [0.15, 0.2) is 11.5 Å². The molecule has 0 saturated heterocycles. The van der Waals surface area contributed by atoms with Crippen LogP contribution in [0.2, 0.25) is 0 Å². The summed E-state index contributed by atoms with van der Waals surface area (Å²) in [6, 6.07) is 10.3. The predicted octanol–water partition coefficient (Wildman–Crippen LogP) is 5.08. The van der Waals surface area contributed by atoms with E-state index < -0.39 is 5.82 Å². The first-order valence-corrected chi connectivity index (χ1v) is 10.6. The average Bonchev–Trinajstić information content (AvgIpc) is 3.47. The minimum atomic E-state index is -0.409. The molecule has 6 rings (SSSR count). The van der Waals surface area contributed by atoms with Crippen LogP contribution in [0.3, 0.4) is 0 Å². The van der Waals surface area contributed by atoms with Gasteiger partial charge in [-0.25, -0.2) is 14.4 Å². The summed E-state index contributed by atoms with van der Waals surface area (Å²) in [5.41, 5.74) is 6.81. The number of aryl methyl sites for hydroxylation is 1. The van der Waals surface area contributed by atoms with Crippen molar-refractivity contribution in [3.8, 4) is 39.7 Å². The third-order valence-corrected chi connectivity index (χ3v) is 5.78. The van der Waals surface area contributed by atoms with Gasteiger partial charge in [0.05, 0.1) is 23.7 Å². The number of imidazole rings is 1. The van der Waals surface area contributed by atoms with E-state index in [1.54, 1.807) is 24.7 Å². The van der Waals surface area contributed by atoms with Crippen molar-refractivity contribution in [3.05, 3.63) is 72.6 Å². The summed E-state index contributed by atoms with van der Waals surface area (Å²) in [5.74, 6) is 0.582. The predicted molar refractivity (Wildman–Crippen MR) is 127 cm³/mol. The molecule has 0 aliphatic carbocycles. The Labute approximate surface area is 192 Å². The summed E-state index contributed by atoms with van der Waals surface area (Å²) in [6.07, 6.45) is 7.04. The molecule has 5 aromatic heterocycles. The third-order valence-electron chi connectivity index (χ3n) is 5.78. The lowest BCUT2D eigenvalue weighted by molar-refractivity contribution is 0.411. The molecule has 34 heavy (non-hydrogen) atoms. The SMILES string of the molecule is COc1cc(F)cc(-c2nccc3[nH]c(-c4[nH]nc5ncc(-c6cnccc6C)cc45)nc23)c1. The Balaban J connectivity index is 1.51. The van der Waals surface area contributed by atoms with Crippen LogP contribution in [-0.4, -0.2) is 42.2 Å². The van der Waals surface area contributed by atoms with Gasteiger partial charge < -0.3 is 9.72 Å². The van der Waals surface area contributed by atoms with Crippen LogP contribution in [0.5, 0.6) is 5.75 Å². The van der Waals surface area contributed by atoms with Gasteiger partial charge in [0.25, 0.3) is 0 Å². The van der Waals surface area contributed by atoms with E-state index >= 15 is 0 Å². The molecule has 2 N–H and O–H groups in total. The number of aromatic amines is 2. The normalized spacial score (nSPS) is 11.4. The second kappa shape index (κ2) is 7.73.